The first-order valence-corrected chi connectivity index (χ1v) is 5.83. The van der Waals surface area contributed by atoms with Gasteiger partial charge in [-0.05, 0) is 18.9 Å². The lowest BCUT2D eigenvalue weighted by Crippen LogP contribution is -2.30. The van der Waals surface area contributed by atoms with E-state index in [0.717, 1.165) is 38.2 Å². The summed E-state index contributed by atoms with van der Waals surface area (Å²) in [5, 5.41) is 3.41. The normalized spacial score (nSPS) is 19.7. The molecule has 0 fully saturated rings. The minimum absolute atomic E-state index is 0.339. The lowest BCUT2D eigenvalue weighted by atomic mass is 10.1. The Bertz CT molecular complexity index is 346. The predicted octanol–water partition coefficient (Wildman–Crippen LogP) is 1.24. The summed E-state index contributed by atoms with van der Waals surface area (Å²) in [5.74, 6) is 1.12. The molecule has 0 aromatic carbocycles. The molecule has 1 aliphatic rings. The average Bonchev–Trinajstić information content (AvgIpc) is 2.72. The summed E-state index contributed by atoms with van der Waals surface area (Å²) in [7, 11) is 2.03. The van der Waals surface area contributed by atoms with Gasteiger partial charge in [-0.25, -0.2) is 4.98 Å². The molecule has 0 spiro atoms. The first-order chi connectivity index (χ1) is 7.86. The largest absolute Gasteiger partial charge is 0.497 e. The second kappa shape index (κ2) is 5.70. The number of aryl methyl sites for hydroxylation is 1. The topological polar surface area (TPSA) is 39.1 Å². The molecule has 0 bridgehead atoms. The summed E-state index contributed by atoms with van der Waals surface area (Å²) in [5.41, 5.74) is 0. The first-order valence-electron chi connectivity index (χ1n) is 5.83. The van der Waals surface area contributed by atoms with Crippen molar-refractivity contribution in [3.8, 4) is 0 Å². The minimum atomic E-state index is 0.339. The summed E-state index contributed by atoms with van der Waals surface area (Å²) in [6.45, 7) is 1.88. The van der Waals surface area contributed by atoms with E-state index in [9.17, 15) is 0 Å². The Kier molecular flexibility index (Phi) is 3.99. The van der Waals surface area contributed by atoms with Crippen LogP contribution < -0.4 is 5.32 Å². The third kappa shape index (κ3) is 3.10. The molecular weight excluding hydrogens is 202 g/mol. The summed E-state index contributed by atoms with van der Waals surface area (Å²) in [6, 6.07) is 0. The quantitative estimate of drug-likeness (QED) is 0.760. The van der Waals surface area contributed by atoms with Crippen LogP contribution in [0.25, 0.3) is 0 Å². The molecule has 1 N–H and O–H groups in total. The van der Waals surface area contributed by atoms with Gasteiger partial charge < -0.3 is 14.6 Å². The van der Waals surface area contributed by atoms with Crippen LogP contribution in [0.1, 0.15) is 18.7 Å². The van der Waals surface area contributed by atoms with Gasteiger partial charge in [0.25, 0.3) is 0 Å². The van der Waals surface area contributed by atoms with E-state index in [0.29, 0.717) is 6.10 Å². The van der Waals surface area contributed by atoms with E-state index in [4.69, 9.17) is 4.74 Å². The highest BCUT2D eigenvalue weighted by atomic mass is 16.5. The van der Waals surface area contributed by atoms with Crippen LogP contribution in [0.2, 0.25) is 0 Å². The van der Waals surface area contributed by atoms with Crippen molar-refractivity contribution in [1.29, 1.82) is 0 Å². The Morgan fingerprint density at radius 2 is 2.56 bits per heavy atom. The molecule has 2 heterocycles. The Morgan fingerprint density at radius 3 is 3.25 bits per heavy atom. The molecule has 1 aromatic rings. The number of nitrogens with zero attached hydrogens (tertiary/aromatic N) is 2. The van der Waals surface area contributed by atoms with E-state index in [1.807, 2.05) is 25.7 Å². The van der Waals surface area contributed by atoms with E-state index < -0.39 is 0 Å². The first kappa shape index (κ1) is 11.2. The van der Waals surface area contributed by atoms with Crippen molar-refractivity contribution in [2.75, 3.05) is 13.1 Å². The SMILES string of the molecule is Cn1ccnc1CCNCC1CCC=CO1. The Balaban J connectivity index is 1.62. The van der Waals surface area contributed by atoms with Crippen LogP contribution in [0, 0.1) is 0 Å². The van der Waals surface area contributed by atoms with Crippen molar-refractivity contribution in [2.45, 2.75) is 25.4 Å². The summed E-state index contributed by atoms with van der Waals surface area (Å²) < 4.78 is 7.53. The lowest BCUT2D eigenvalue weighted by Gasteiger charge is -2.19. The van der Waals surface area contributed by atoms with Gasteiger partial charge in [0.15, 0.2) is 0 Å². The number of allylic oxidation sites excluding steroid dienone is 1. The fourth-order valence-corrected chi connectivity index (χ4v) is 1.84. The van der Waals surface area contributed by atoms with Gasteiger partial charge in [0, 0.05) is 39.0 Å². The van der Waals surface area contributed by atoms with E-state index >= 15 is 0 Å². The van der Waals surface area contributed by atoms with Crippen molar-refractivity contribution in [1.82, 2.24) is 14.9 Å². The number of imidazole rings is 1. The fraction of sp³-hybridized carbons (Fsp3) is 0.583. The lowest BCUT2D eigenvalue weighted by molar-refractivity contribution is 0.122. The fourth-order valence-electron chi connectivity index (χ4n) is 1.84. The number of rotatable bonds is 5. The summed E-state index contributed by atoms with van der Waals surface area (Å²) in [4.78, 5) is 4.28. The third-order valence-corrected chi connectivity index (χ3v) is 2.84. The number of hydrogen-bond acceptors (Lipinski definition) is 3. The number of ether oxygens (including phenoxy) is 1. The van der Waals surface area contributed by atoms with Gasteiger partial charge in [-0.2, -0.15) is 0 Å². The molecule has 1 aliphatic heterocycles. The van der Waals surface area contributed by atoms with Crippen LogP contribution in [0.3, 0.4) is 0 Å². The summed E-state index contributed by atoms with van der Waals surface area (Å²) >= 11 is 0. The zero-order chi connectivity index (χ0) is 11.2. The van der Waals surface area contributed by atoms with Gasteiger partial charge >= 0.3 is 0 Å². The van der Waals surface area contributed by atoms with Gasteiger partial charge in [-0.1, -0.05) is 0 Å². The highest BCUT2D eigenvalue weighted by molar-refractivity contribution is 4.91. The number of nitrogens with one attached hydrogen (secondary N) is 1. The standard InChI is InChI=1S/C12H19N3O/c1-15-8-7-14-12(15)5-6-13-10-11-4-2-3-9-16-11/h3,7-9,11,13H,2,4-6,10H2,1H3. The van der Waals surface area contributed by atoms with Crippen LogP contribution >= 0.6 is 0 Å². The molecule has 4 heteroatoms. The molecule has 4 nitrogen and oxygen atoms in total. The second-order valence-electron chi connectivity index (χ2n) is 4.12. The Labute approximate surface area is 96.3 Å². The van der Waals surface area contributed by atoms with Crippen LogP contribution in [0.5, 0.6) is 0 Å². The third-order valence-electron chi connectivity index (χ3n) is 2.84. The molecule has 2 rings (SSSR count). The van der Waals surface area contributed by atoms with Crippen molar-refractivity contribution in [2.24, 2.45) is 7.05 Å². The van der Waals surface area contributed by atoms with Gasteiger partial charge in [-0.3, -0.25) is 0 Å². The maximum atomic E-state index is 5.48. The molecule has 16 heavy (non-hydrogen) atoms. The van der Waals surface area contributed by atoms with Crippen molar-refractivity contribution in [3.05, 3.63) is 30.6 Å². The predicted molar refractivity (Wildman–Crippen MR) is 63.0 cm³/mol. The van der Waals surface area contributed by atoms with Crippen molar-refractivity contribution >= 4 is 0 Å². The van der Waals surface area contributed by atoms with Gasteiger partial charge in [0.2, 0.25) is 0 Å². The monoisotopic (exact) mass is 221 g/mol. The van der Waals surface area contributed by atoms with Crippen LogP contribution in [-0.4, -0.2) is 28.7 Å². The second-order valence-corrected chi connectivity index (χ2v) is 4.12. The Hall–Kier alpha value is -1.29. The molecule has 0 aliphatic carbocycles. The molecule has 1 atom stereocenters. The maximum absolute atomic E-state index is 5.48. The molecule has 0 saturated heterocycles. The van der Waals surface area contributed by atoms with E-state index in [1.165, 1.54) is 0 Å². The number of hydrogen-bond donors (Lipinski definition) is 1. The van der Waals surface area contributed by atoms with Crippen LogP contribution in [0.15, 0.2) is 24.7 Å². The Morgan fingerprint density at radius 1 is 1.62 bits per heavy atom. The molecular formula is C12H19N3O. The van der Waals surface area contributed by atoms with Crippen LogP contribution in [0.4, 0.5) is 0 Å². The molecule has 0 saturated carbocycles. The van der Waals surface area contributed by atoms with Gasteiger partial charge in [-0.15, -0.1) is 0 Å². The molecule has 0 amide bonds. The molecule has 88 valence electrons. The van der Waals surface area contributed by atoms with E-state index in [2.05, 4.69) is 20.9 Å². The zero-order valence-electron chi connectivity index (χ0n) is 9.72. The molecule has 0 radical (unpaired) electrons. The number of aromatic nitrogens is 2. The van der Waals surface area contributed by atoms with Crippen molar-refractivity contribution in [3.63, 3.8) is 0 Å². The van der Waals surface area contributed by atoms with E-state index in [1.54, 1.807) is 0 Å². The molecule has 1 aromatic heterocycles. The highest BCUT2D eigenvalue weighted by Crippen LogP contribution is 2.08. The highest BCUT2D eigenvalue weighted by Gasteiger charge is 2.09. The average molecular weight is 221 g/mol. The van der Waals surface area contributed by atoms with Crippen LogP contribution in [-0.2, 0) is 18.2 Å². The van der Waals surface area contributed by atoms with Gasteiger partial charge in [0.05, 0.1) is 6.26 Å². The van der Waals surface area contributed by atoms with E-state index in [-0.39, 0.29) is 0 Å². The summed E-state index contributed by atoms with van der Waals surface area (Å²) in [6.07, 6.45) is 11.3. The van der Waals surface area contributed by atoms with Crippen molar-refractivity contribution < 1.29 is 4.74 Å². The smallest absolute Gasteiger partial charge is 0.110 e. The maximum Gasteiger partial charge on any atom is 0.110 e. The van der Waals surface area contributed by atoms with Gasteiger partial charge in [0.1, 0.15) is 11.9 Å². The zero-order valence-corrected chi connectivity index (χ0v) is 9.72. The molecule has 1 unspecified atom stereocenters. The minimum Gasteiger partial charge on any atom is -0.497 e.